The van der Waals surface area contributed by atoms with Crippen molar-refractivity contribution in [1.82, 2.24) is 4.72 Å². The third-order valence-electron chi connectivity index (χ3n) is 2.54. The molecule has 0 atom stereocenters. The zero-order valence-electron chi connectivity index (χ0n) is 10.5. The number of hydrogen-bond acceptors (Lipinski definition) is 4. The van der Waals surface area contributed by atoms with Crippen molar-refractivity contribution in [2.45, 2.75) is 18.4 Å². The van der Waals surface area contributed by atoms with Crippen molar-refractivity contribution in [3.63, 3.8) is 0 Å². The summed E-state index contributed by atoms with van der Waals surface area (Å²) in [5, 5.41) is 0. The quantitative estimate of drug-likeness (QED) is 0.850. The van der Waals surface area contributed by atoms with Crippen LogP contribution in [0.25, 0.3) is 0 Å². The van der Waals surface area contributed by atoms with Gasteiger partial charge in [0, 0.05) is 22.0 Å². The summed E-state index contributed by atoms with van der Waals surface area (Å²) >= 11 is 1.41. The van der Waals surface area contributed by atoms with Crippen LogP contribution in [-0.2, 0) is 16.6 Å². The van der Waals surface area contributed by atoms with Gasteiger partial charge in [0.25, 0.3) is 0 Å². The maximum atomic E-state index is 13.6. The van der Waals surface area contributed by atoms with Crippen LogP contribution >= 0.6 is 11.3 Å². The number of halogens is 2. The van der Waals surface area contributed by atoms with E-state index in [9.17, 15) is 17.2 Å². The average Bonchev–Trinajstić information content (AvgIpc) is 2.77. The van der Waals surface area contributed by atoms with Crippen molar-refractivity contribution in [2.75, 3.05) is 5.73 Å². The van der Waals surface area contributed by atoms with E-state index in [4.69, 9.17) is 5.73 Å². The first-order chi connectivity index (χ1) is 9.29. The van der Waals surface area contributed by atoms with Crippen LogP contribution in [0, 0.1) is 18.6 Å². The number of anilines is 1. The number of nitrogen functional groups attached to an aromatic ring is 1. The van der Waals surface area contributed by atoms with Crippen molar-refractivity contribution in [1.29, 1.82) is 0 Å². The van der Waals surface area contributed by atoms with Crippen LogP contribution in [-0.4, -0.2) is 8.42 Å². The molecule has 0 bridgehead atoms. The summed E-state index contributed by atoms with van der Waals surface area (Å²) < 4.78 is 52.9. The van der Waals surface area contributed by atoms with E-state index in [2.05, 4.69) is 4.72 Å². The Bertz CT molecular complexity index is 742. The molecule has 0 amide bonds. The average molecular weight is 318 g/mol. The minimum atomic E-state index is -4.16. The standard InChI is InChI=1S/C12H12F2N2O2S2/c1-7-2-3-9(19-7)6-16-20(17,18)11-5-8(15)4-10(13)12(11)14/h2-5,16H,6,15H2,1H3. The van der Waals surface area contributed by atoms with Gasteiger partial charge in [0.15, 0.2) is 11.6 Å². The van der Waals surface area contributed by atoms with E-state index in [1.165, 1.54) is 11.3 Å². The second-order valence-electron chi connectivity index (χ2n) is 4.15. The Morgan fingerprint density at radius 1 is 1.30 bits per heavy atom. The molecule has 20 heavy (non-hydrogen) atoms. The van der Waals surface area contributed by atoms with Crippen LogP contribution in [0.4, 0.5) is 14.5 Å². The van der Waals surface area contributed by atoms with Crippen molar-refractivity contribution < 1.29 is 17.2 Å². The Kier molecular flexibility index (Phi) is 4.07. The zero-order valence-corrected chi connectivity index (χ0v) is 12.1. The fraction of sp³-hybridized carbons (Fsp3) is 0.167. The molecule has 1 heterocycles. The molecule has 3 N–H and O–H groups in total. The lowest BCUT2D eigenvalue weighted by atomic mass is 10.3. The smallest absolute Gasteiger partial charge is 0.244 e. The van der Waals surface area contributed by atoms with Gasteiger partial charge in [-0.25, -0.2) is 21.9 Å². The first-order valence-corrected chi connectivity index (χ1v) is 7.89. The van der Waals surface area contributed by atoms with E-state index in [0.717, 1.165) is 21.9 Å². The van der Waals surface area contributed by atoms with Gasteiger partial charge in [-0.05, 0) is 31.2 Å². The van der Waals surface area contributed by atoms with E-state index < -0.39 is 26.6 Å². The van der Waals surface area contributed by atoms with Gasteiger partial charge >= 0.3 is 0 Å². The number of nitrogens with two attached hydrogens (primary N) is 1. The molecule has 1 aromatic heterocycles. The summed E-state index contributed by atoms with van der Waals surface area (Å²) in [5.74, 6) is -2.73. The third kappa shape index (κ3) is 3.14. The van der Waals surface area contributed by atoms with Crippen LogP contribution in [0.2, 0.25) is 0 Å². The predicted molar refractivity (Wildman–Crippen MR) is 73.9 cm³/mol. The molecule has 0 saturated heterocycles. The summed E-state index contributed by atoms with van der Waals surface area (Å²) in [6.07, 6.45) is 0. The highest BCUT2D eigenvalue weighted by atomic mass is 32.2. The molecular formula is C12H12F2N2O2S2. The van der Waals surface area contributed by atoms with Crippen molar-refractivity contribution in [3.05, 3.63) is 45.7 Å². The number of rotatable bonds is 4. The molecule has 2 aromatic rings. The van der Waals surface area contributed by atoms with E-state index in [1.807, 2.05) is 13.0 Å². The molecule has 0 unspecified atom stereocenters. The highest BCUT2D eigenvalue weighted by molar-refractivity contribution is 7.89. The van der Waals surface area contributed by atoms with E-state index in [0.29, 0.717) is 0 Å². The Balaban J connectivity index is 2.27. The highest BCUT2D eigenvalue weighted by Crippen LogP contribution is 2.22. The Morgan fingerprint density at radius 3 is 2.60 bits per heavy atom. The molecule has 0 spiro atoms. The molecule has 0 aliphatic rings. The zero-order chi connectivity index (χ0) is 14.9. The monoisotopic (exact) mass is 318 g/mol. The molecule has 0 aliphatic heterocycles. The van der Waals surface area contributed by atoms with E-state index >= 15 is 0 Å². The van der Waals surface area contributed by atoms with Gasteiger partial charge < -0.3 is 5.73 Å². The maximum absolute atomic E-state index is 13.6. The molecule has 108 valence electrons. The van der Waals surface area contributed by atoms with Crippen LogP contribution in [0.15, 0.2) is 29.2 Å². The molecule has 0 saturated carbocycles. The third-order valence-corrected chi connectivity index (χ3v) is 4.94. The number of benzene rings is 1. The lowest BCUT2D eigenvalue weighted by Gasteiger charge is -2.08. The minimum absolute atomic E-state index is 0.0106. The van der Waals surface area contributed by atoms with Crippen LogP contribution in [0.3, 0.4) is 0 Å². The lowest BCUT2D eigenvalue weighted by molar-refractivity contribution is 0.484. The topological polar surface area (TPSA) is 72.2 Å². The summed E-state index contributed by atoms with van der Waals surface area (Å²) in [7, 11) is -4.16. The first-order valence-electron chi connectivity index (χ1n) is 5.59. The summed E-state index contributed by atoms with van der Waals surface area (Å²) in [6.45, 7) is 1.90. The fourth-order valence-electron chi connectivity index (χ4n) is 1.60. The Morgan fingerprint density at radius 2 is 2.00 bits per heavy atom. The number of aryl methyl sites for hydroxylation is 1. The van der Waals surface area contributed by atoms with Crippen LogP contribution < -0.4 is 10.5 Å². The number of sulfonamides is 1. The predicted octanol–water partition coefficient (Wildman–Crippen LogP) is 2.40. The first kappa shape index (κ1) is 14.9. The minimum Gasteiger partial charge on any atom is -0.399 e. The van der Waals surface area contributed by atoms with Gasteiger partial charge in [0.1, 0.15) is 4.90 Å². The molecule has 1 aromatic carbocycles. The highest BCUT2D eigenvalue weighted by Gasteiger charge is 2.22. The fourth-order valence-corrected chi connectivity index (χ4v) is 3.65. The van der Waals surface area contributed by atoms with Crippen molar-refractivity contribution in [2.24, 2.45) is 0 Å². The molecule has 0 aliphatic carbocycles. The second kappa shape index (κ2) is 5.47. The van der Waals surface area contributed by atoms with Gasteiger partial charge in [0.2, 0.25) is 10.0 Å². The largest absolute Gasteiger partial charge is 0.399 e. The van der Waals surface area contributed by atoms with Gasteiger partial charge in [-0.2, -0.15) is 0 Å². The van der Waals surface area contributed by atoms with Gasteiger partial charge in [-0.1, -0.05) is 0 Å². The number of thiophene rings is 1. The molecular weight excluding hydrogens is 306 g/mol. The summed E-state index contributed by atoms with van der Waals surface area (Å²) in [4.78, 5) is 1.01. The number of nitrogens with one attached hydrogen (secondary N) is 1. The van der Waals surface area contributed by atoms with Gasteiger partial charge in [0.05, 0.1) is 0 Å². The van der Waals surface area contributed by atoms with Crippen molar-refractivity contribution in [3.8, 4) is 0 Å². The Labute approximate surface area is 119 Å². The lowest BCUT2D eigenvalue weighted by Crippen LogP contribution is -2.24. The van der Waals surface area contributed by atoms with Crippen molar-refractivity contribution >= 4 is 27.0 Å². The molecule has 2 rings (SSSR count). The van der Waals surface area contributed by atoms with E-state index in [1.54, 1.807) is 6.07 Å². The molecule has 0 fully saturated rings. The molecule has 8 heteroatoms. The normalized spacial score (nSPS) is 11.8. The number of hydrogen-bond donors (Lipinski definition) is 2. The Hall–Kier alpha value is -1.51. The maximum Gasteiger partial charge on any atom is 0.244 e. The summed E-state index contributed by atoms with van der Waals surface area (Å²) in [6, 6.07) is 5.23. The SMILES string of the molecule is Cc1ccc(CNS(=O)(=O)c2cc(N)cc(F)c2F)s1. The van der Waals surface area contributed by atoms with Gasteiger partial charge in [-0.15, -0.1) is 11.3 Å². The van der Waals surface area contributed by atoms with E-state index in [-0.39, 0.29) is 12.2 Å². The van der Waals surface area contributed by atoms with Crippen LogP contribution in [0.5, 0.6) is 0 Å². The molecule has 4 nitrogen and oxygen atoms in total. The molecule has 0 radical (unpaired) electrons. The summed E-state index contributed by atoms with van der Waals surface area (Å²) in [5.41, 5.74) is 5.18. The van der Waals surface area contributed by atoms with Crippen LogP contribution in [0.1, 0.15) is 9.75 Å². The van der Waals surface area contributed by atoms with Gasteiger partial charge in [-0.3, -0.25) is 0 Å². The second-order valence-corrected chi connectivity index (χ2v) is 7.26.